The second-order valence-corrected chi connectivity index (χ2v) is 4.51. The van der Waals surface area contributed by atoms with Gasteiger partial charge in [0.25, 0.3) is 5.91 Å². The van der Waals surface area contributed by atoms with Crippen LogP contribution in [-0.4, -0.2) is 18.5 Å². The summed E-state index contributed by atoms with van der Waals surface area (Å²) in [6.07, 6.45) is 0. The first-order chi connectivity index (χ1) is 11.1. The smallest absolute Gasteiger partial charge is 0.338 e. The van der Waals surface area contributed by atoms with Crippen molar-refractivity contribution in [2.75, 3.05) is 11.9 Å². The molecule has 1 amide bonds. The van der Waals surface area contributed by atoms with Gasteiger partial charge in [0, 0.05) is 5.69 Å². The molecule has 0 radical (unpaired) electrons. The maximum Gasteiger partial charge on any atom is 0.338 e. The number of nitrogens with zero attached hydrogens (tertiary/aromatic N) is 2. The topological polar surface area (TPSA) is 103 Å². The molecule has 0 saturated carbocycles. The first-order valence-electron chi connectivity index (χ1n) is 6.59. The molecule has 6 heteroatoms. The first-order valence-corrected chi connectivity index (χ1v) is 6.59. The molecule has 0 fully saturated rings. The number of esters is 1. The summed E-state index contributed by atoms with van der Waals surface area (Å²) >= 11 is 0. The molecule has 2 aromatic rings. The minimum Gasteiger partial charge on any atom is -0.452 e. The van der Waals surface area contributed by atoms with E-state index in [1.807, 2.05) is 12.1 Å². The Hall–Kier alpha value is -3.64. The van der Waals surface area contributed by atoms with Crippen LogP contribution in [0.3, 0.4) is 0 Å². The van der Waals surface area contributed by atoms with Crippen LogP contribution in [0.4, 0.5) is 5.69 Å². The van der Waals surface area contributed by atoms with Gasteiger partial charge in [-0.1, -0.05) is 12.1 Å². The number of nitriles is 2. The van der Waals surface area contributed by atoms with E-state index in [2.05, 4.69) is 5.32 Å². The van der Waals surface area contributed by atoms with E-state index in [9.17, 15) is 9.59 Å². The number of anilines is 1. The Morgan fingerprint density at radius 3 is 2.35 bits per heavy atom. The van der Waals surface area contributed by atoms with Gasteiger partial charge in [0.2, 0.25) is 0 Å². The minimum absolute atomic E-state index is 0.198. The summed E-state index contributed by atoms with van der Waals surface area (Å²) in [4.78, 5) is 23.6. The molecule has 0 aliphatic heterocycles. The fraction of sp³-hybridized carbons (Fsp3) is 0.0588. The monoisotopic (exact) mass is 305 g/mol. The Kier molecular flexibility index (Phi) is 5.06. The van der Waals surface area contributed by atoms with Crippen molar-refractivity contribution in [2.45, 2.75) is 0 Å². The van der Waals surface area contributed by atoms with Crippen molar-refractivity contribution in [3.8, 4) is 12.1 Å². The molecule has 0 spiro atoms. The summed E-state index contributed by atoms with van der Waals surface area (Å²) in [6.45, 7) is -0.466. The summed E-state index contributed by atoms with van der Waals surface area (Å²) in [6, 6.07) is 16.3. The molecule has 0 unspecified atom stereocenters. The van der Waals surface area contributed by atoms with Crippen molar-refractivity contribution in [1.82, 2.24) is 0 Å². The highest BCUT2D eigenvalue weighted by Crippen LogP contribution is 2.10. The van der Waals surface area contributed by atoms with Crippen LogP contribution in [0.1, 0.15) is 21.5 Å². The zero-order valence-corrected chi connectivity index (χ0v) is 11.9. The third kappa shape index (κ3) is 4.42. The van der Waals surface area contributed by atoms with Gasteiger partial charge in [-0.25, -0.2) is 4.79 Å². The van der Waals surface area contributed by atoms with Crippen molar-refractivity contribution in [3.63, 3.8) is 0 Å². The van der Waals surface area contributed by atoms with Crippen molar-refractivity contribution >= 4 is 17.6 Å². The number of hydrogen-bond acceptors (Lipinski definition) is 5. The number of ether oxygens (including phenoxy) is 1. The third-order valence-corrected chi connectivity index (χ3v) is 2.84. The number of carbonyl (C=O) groups is 2. The van der Waals surface area contributed by atoms with Crippen LogP contribution in [0.2, 0.25) is 0 Å². The van der Waals surface area contributed by atoms with Crippen molar-refractivity contribution in [1.29, 1.82) is 10.5 Å². The first kappa shape index (κ1) is 15.7. The van der Waals surface area contributed by atoms with Crippen LogP contribution in [0.15, 0.2) is 48.5 Å². The van der Waals surface area contributed by atoms with Crippen molar-refractivity contribution < 1.29 is 14.3 Å². The summed E-state index contributed by atoms with van der Waals surface area (Å²) in [7, 11) is 0. The Balaban J connectivity index is 1.92. The Labute approximate surface area is 132 Å². The highest BCUT2D eigenvalue weighted by atomic mass is 16.5. The van der Waals surface area contributed by atoms with E-state index in [1.165, 1.54) is 18.2 Å². The maximum atomic E-state index is 11.8. The lowest BCUT2D eigenvalue weighted by atomic mass is 10.1. The molecule has 112 valence electrons. The normalized spacial score (nSPS) is 9.30. The second kappa shape index (κ2) is 7.39. The molecule has 0 aliphatic carbocycles. The van der Waals surface area contributed by atoms with Crippen LogP contribution in [0.5, 0.6) is 0 Å². The third-order valence-electron chi connectivity index (χ3n) is 2.84. The SMILES string of the molecule is N#Cc1cccc(NC(=O)COC(=O)c2cccc(C#N)c2)c1. The van der Waals surface area contributed by atoms with Gasteiger partial charge in [-0.15, -0.1) is 0 Å². The van der Waals surface area contributed by atoms with Gasteiger partial charge in [0.15, 0.2) is 6.61 Å². The number of amides is 1. The van der Waals surface area contributed by atoms with E-state index >= 15 is 0 Å². The summed E-state index contributed by atoms with van der Waals surface area (Å²) in [5, 5.41) is 20.1. The molecule has 2 aromatic carbocycles. The van der Waals surface area contributed by atoms with E-state index in [4.69, 9.17) is 15.3 Å². The van der Waals surface area contributed by atoms with Gasteiger partial charge in [-0.2, -0.15) is 10.5 Å². The Morgan fingerprint density at radius 1 is 1.00 bits per heavy atom. The van der Waals surface area contributed by atoms with Gasteiger partial charge in [0.1, 0.15) is 0 Å². The Morgan fingerprint density at radius 2 is 1.65 bits per heavy atom. The quantitative estimate of drug-likeness (QED) is 0.872. The lowest BCUT2D eigenvalue weighted by Gasteiger charge is -2.07. The molecule has 23 heavy (non-hydrogen) atoms. The molecule has 2 rings (SSSR count). The van der Waals surface area contributed by atoms with Gasteiger partial charge >= 0.3 is 5.97 Å². The van der Waals surface area contributed by atoms with Crippen molar-refractivity contribution in [2.24, 2.45) is 0 Å². The Bertz CT molecular complexity index is 831. The summed E-state index contributed by atoms with van der Waals surface area (Å²) in [5.41, 5.74) is 1.38. The molecule has 0 aromatic heterocycles. The predicted octanol–water partition coefficient (Wildman–Crippen LogP) is 2.23. The molecule has 0 saturated heterocycles. The fourth-order valence-electron chi connectivity index (χ4n) is 1.79. The number of hydrogen-bond donors (Lipinski definition) is 1. The number of rotatable bonds is 4. The van der Waals surface area contributed by atoms with Crippen LogP contribution in [0, 0.1) is 22.7 Å². The van der Waals surface area contributed by atoms with Crippen LogP contribution in [0.25, 0.3) is 0 Å². The lowest BCUT2D eigenvalue weighted by Crippen LogP contribution is -2.21. The van der Waals surface area contributed by atoms with Gasteiger partial charge < -0.3 is 10.1 Å². The lowest BCUT2D eigenvalue weighted by molar-refractivity contribution is -0.119. The van der Waals surface area contributed by atoms with E-state index in [1.54, 1.807) is 30.3 Å². The second-order valence-electron chi connectivity index (χ2n) is 4.51. The standard InChI is InChI=1S/C17H11N3O3/c18-9-12-3-1-5-14(7-12)17(22)23-11-16(21)20-15-6-2-4-13(8-15)10-19/h1-8H,11H2,(H,20,21). The molecule has 0 heterocycles. The molecule has 0 bridgehead atoms. The van der Waals surface area contributed by atoms with E-state index < -0.39 is 18.5 Å². The predicted molar refractivity (Wildman–Crippen MR) is 81.2 cm³/mol. The summed E-state index contributed by atoms with van der Waals surface area (Å²) < 4.78 is 4.89. The van der Waals surface area contributed by atoms with Gasteiger partial charge in [0.05, 0.1) is 28.8 Å². The largest absolute Gasteiger partial charge is 0.452 e. The number of carbonyl (C=O) groups excluding carboxylic acids is 2. The zero-order valence-electron chi connectivity index (χ0n) is 11.9. The van der Waals surface area contributed by atoms with Crippen LogP contribution < -0.4 is 5.32 Å². The van der Waals surface area contributed by atoms with Gasteiger partial charge in [-0.3, -0.25) is 4.79 Å². The highest BCUT2D eigenvalue weighted by Gasteiger charge is 2.11. The van der Waals surface area contributed by atoms with E-state index in [0.717, 1.165) is 0 Å². The van der Waals surface area contributed by atoms with Crippen LogP contribution >= 0.6 is 0 Å². The minimum atomic E-state index is -0.692. The average Bonchev–Trinajstić information content (AvgIpc) is 2.59. The fourth-order valence-corrected chi connectivity index (χ4v) is 1.79. The molecule has 0 atom stereocenters. The molecule has 1 N–H and O–H groups in total. The molecular weight excluding hydrogens is 294 g/mol. The molecule has 0 aliphatic rings. The maximum absolute atomic E-state index is 11.8. The summed E-state index contributed by atoms with van der Waals surface area (Å²) in [5.74, 6) is -1.21. The molecular formula is C17H11N3O3. The van der Waals surface area contributed by atoms with Crippen LogP contribution in [-0.2, 0) is 9.53 Å². The molecule has 6 nitrogen and oxygen atoms in total. The number of benzene rings is 2. The zero-order chi connectivity index (χ0) is 16.7. The number of nitrogens with one attached hydrogen (secondary N) is 1. The average molecular weight is 305 g/mol. The van der Waals surface area contributed by atoms with Gasteiger partial charge in [-0.05, 0) is 36.4 Å². The van der Waals surface area contributed by atoms with Crippen molar-refractivity contribution in [3.05, 3.63) is 65.2 Å². The highest BCUT2D eigenvalue weighted by molar-refractivity contribution is 5.95. The van der Waals surface area contributed by atoms with E-state index in [-0.39, 0.29) is 5.56 Å². The van der Waals surface area contributed by atoms with E-state index in [0.29, 0.717) is 16.8 Å².